The summed E-state index contributed by atoms with van der Waals surface area (Å²) in [6, 6.07) is 0. The van der Waals surface area contributed by atoms with E-state index in [1.807, 2.05) is 0 Å². The van der Waals surface area contributed by atoms with Crippen LogP contribution in [0.4, 0.5) is 220 Å². The maximum Gasteiger partial charge on any atom is 0.460 e. The summed E-state index contributed by atoms with van der Waals surface area (Å²) in [6.07, 6.45) is -23.5. The van der Waals surface area contributed by atoms with E-state index >= 15 is 4.39 Å². The number of hydrogen-bond acceptors (Lipinski definition) is 1. The van der Waals surface area contributed by atoms with Gasteiger partial charge >= 0.3 is 148 Å². The molecular weight excluding hydrogens is 1300 g/mol. The molecule has 0 rings (SSSR count). The van der Waals surface area contributed by atoms with Crippen molar-refractivity contribution in [2.75, 3.05) is 0 Å². The fourth-order valence-corrected chi connectivity index (χ4v) is 5.24. The maximum atomic E-state index is 15.0. The average Bonchev–Trinajstić information content (AvgIpc) is 3.20. The van der Waals surface area contributed by atoms with Crippen molar-refractivity contribution in [2.45, 2.75) is 168 Å². The fraction of sp³-hybridized carbons (Fsp3) is 1.00. The predicted molar refractivity (Wildman–Crippen MR) is 141 cm³/mol. The Labute approximate surface area is 394 Å². The minimum absolute atomic E-state index is 0.0946. The van der Waals surface area contributed by atoms with E-state index in [1.165, 1.54) is 0 Å². The number of alkyl halides is 50. The average molecular weight is 1310 g/mol. The molecule has 0 saturated carbocycles. The Hall–Kier alpha value is -3.54. The van der Waals surface area contributed by atoms with Crippen LogP contribution in [0.1, 0.15) is 19.8 Å². The topological polar surface area (TPSA) is 20.2 Å². The van der Waals surface area contributed by atoms with Crippen LogP contribution in [0.5, 0.6) is 0 Å². The molecule has 1 N–H and O–H groups in total. The Bertz CT molecular complexity index is 2180. The first kappa shape index (κ1) is 75.5. The van der Waals surface area contributed by atoms with Crippen molar-refractivity contribution in [1.29, 1.82) is 0 Å². The zero-order chi connectivity index (χ0) is 65.9. The molecule has 0 aromatic heterocycles. The molecule has 0 radical (unpaired) electrons. The lowest BCUT2D eigenvalue weighted by Crippen LogP contribution is -2.84. The van der Waals surface area contributed by atoms with Crippen LogP contribution in [0.25, 0.3) is 0 Å². The molecule has 0 aromatic rings. The molecule has 0 aliphatic heterocycles. The van der Waals surface area contributed by atoms with Gasteiger partial charge in [0.05, 0.1) is 0 Å². The van der Waals surface area contributed by atoms with Gasteiger partial charge in [-0.15, -0.1) is 0 Å². The summed E-state index contributed by atoms with van der Waals surface area (Å²) in [5.74, 6) is -227. The van der Waals surface area contributed by atoms with E-state index < -0.39 is 161 Å². The number of hydrogen-bond donors (Lipinski definition) is 1. The number of halogens is 50. The van der Waals surface area contributed by atoms with Gasteiger partial charge in [-0.25, -0.2) is 4.39 Å². The van der Waals surface area contributed by atoms with Gasteiger partial charge in [0.15, 0.2) is 0 Å². The number of rotatable bonds is 25. The first-order valence-electron chi connectivity index (χ1n) is 17.2. The molecule has 0 saturated heterocycles. The third kappa shape index (κ3) is 8.34. The highest BCUT2D eigenvalue weighted by Crippen LogP contribution is 2.73. The van der Waals surface area contributed by atoms with Crippen LogP contribution in [-0.2, 0) is 0 Å². The highest BCUT2D eigenvalue weighted by atomic mass is 19.4. The van der Waals surface area contributed by atoms with Crippen LogP contribution in [-0.4, -0.2) is 153 Å². The standard InChI is InChI=1S/C28H8F50O/c1-2-3-4(29,30)6(32,33)9(38,39)12(44,45)15(50,51)18(56,57)19(58,59)16(52,53)13(46,47)10(40,41)7(34,35)5(31,28(77,78)79)8(36,37)11(42,43)14(48,49)17(54,55)20(60,61)21(62,63)22(64,65)23(66,67)24(68,69)25(70,71)26(72,73)27(74,75)76/h79H,2-3H2,1H3. The lowest BCUT2D eigenvalue weighted by Gasteiger charge is -2.50. The van der Waals surface area contributed by atoms with Crippen molar-refractivity contribution < 1.29 is 225 Å². The quantitative estimate of drug-likeness (QED) is 0.0904. The normalized spacial score (nSPS) is 18.1. The summed E-state index contributed by atoms with van der Waals surface area (Å²) in [4.78, 5) is 0. The molecular formula is C28H8F50O. The molecule has 1 nitrogen and oxygen atoms in total. The minimum Gasteiger partial charge on any atom is -0.333 e. The minimum atomic E-state index is -11.3. The number of aliphatic hydroxyl groups is 1. The van der Waals surface area contributed by atoms with Crippen molar-refractivity contribution in [1.82, 2.24) is 0 Å². The summed E-state index contributed by atoms with van der Waals surface area (Å²) in [5.41, 5.74) is -11.2. The Balaban J connectivity index is 8.60. The van der Waals surface area contributed by atoms with E-state index in [2.05, 4.69) is 0 Å². The van der Waals surface area contributed by atoms with Crippen LogP contribution in [0.15, 0.2) is 0 Å². The second-order valence-corrected chi connectivity index (χ2v) is 15.2. The molecule has 0 aliphatic carbocycles. The molecule has 1 atom stereocenters. The summed E-state index contributed by atoms with van der Waals surface area (Å²) in [5, 5.41) is 7.98. The molecule has 0 aromatic carbocycles. The van der Waals surface area contributed by atoms with Gasteiger partial charge in [-0.2, -0.15) is 215 Å². The Morgan fingerprint density at radius 3 is 0.443 bits per heavy atom. The predicted octanol–water partition coefficient (Wildman–Crippen LogP) is 16.6. The van der Waals surface area contributed by atoms with E-state index in [4.69, 9.17) is 5.11 Å². The first-order valence-corrected chi connectivity index (χ1v) is 17.2. The molecule has 0 bridgehead atoms. The monoisotopic (exact) mass is 1310 g/mol. The lowest BCUT2D eigenvalue weighted by molar-refractivity contribution is -0.508. The smallest absolute Gasteiger partial charge is 0.333 e. The van der Waals surface area contributed by atoms with Gasteiger partial charge in [0.1, 0.15) is 0 Å². The third-order valence-corrected chi connectivity index (χ3v) is 10.2. The Kier molecular flexibility index (Phi) is 17.4. The molecule has 0 fully saturated rings. The second-order valence-electron chi connectivity index (χ2n) is 15.2. The van der Waals surface area contributed by atoms with Crippen molar-refractivity contribution >= 4 is 0 Å². The summed E-state index contributed by atoms with van der Waals surface area (Å²) in [7, 11) is 0. The van der Waals surface area contributed by atoms with E-state index in [0.717, 1.165) is 0 Å². The lowest BCUT2D eigenvalue weighted by atomic mass is 9.75. The molecule has 0 spiro atoms. The van der Waals surface area contributed by atoms with E-state index in [1.54, 1.807) is 0 Å². The van der Waals surface area contributed by atoms with Crippen molar-refractivity contribution in [3.63, 3.8) is 0 Å². The van der Waals surface area contributed by atoms with Crippen LogP contribution in [0.3, 0.4) is 0 Å². The van der Waals surface area contributed by atoms with Gasteiger partial charge < -0.3 is 5.11 Å². The van der Waals surface area contributed by atoms with E-state index in [0.29, 0.717) is 0 Å². The summed E-state index contributed by atoms with van der Waals surface area (Å²) in [6.45, 7) is 0.0946. The molecule has 1 unspecified atom stereocenters. The van der Waals surface area contributed by atoms with E-state index in [-0.39, 0.29) is 6.92 Å². The van der Waals surface area contributed by atoms with Crippen LogP contribution in [0.2, 0.25) is 0 Å². The van der Waals surface area contributed by atoms with Gasteiger partial charge in [-0.1, -0.05) is 13.3 Å². The molecule has 0 heterocycles. The SMILES string of the molecule is CCCC(F)(F)C(F)(F)C(F)(F)C(F)(F)C(F)(F)C(F)(F)C(F)(F)C(F)(F)C(F)(F)C(F)(F)C(F)(F)C(F)(C(O)(F)F)C(F)(F)C(F)(F)C(F)(F)C(F)(F)C(F)(F)C(F)(F)C(F)(F)C(F)(F)C(F)(F)C(F)(F)C(F)(F)C(F)(F)F. The summed E-state index contributed by atoms with van der Waals surface area (Å²) >= 11 is 0. The van der Waals surface area contributed by atoms with Gasteiger partial charge in [0, 0.05) is 6.42 Å². The fourth-order valence-electron chi connectivity index (χ4n) is 5.24. The summed E-state index contributed by atoms with van der Waals surface area (Å²) < 4.78 is 696. The van der Waals surface area contributed by atoms with Crippen LogP contribution in [0, 0.1) is 0 Å². The van der Waals surface area contributed by atoms with E-state index in [9.17, 15) is 215 Å². The maximum absolute atomic E-state index is 15.0. The second kappa shape index (κ2) is 18.2. The van der Waals surface area contributed by atoms with Crippen molar-refractivity contribution in [2.24, 2.45) is 0 Å². The highest BCUT2D eigenvalue weighted by molar-refractivity contribution is 5.27. The molecule has 79 heavy (non-hydrogen) atoms. The largest absolute Gasteiger partial charge is 0.460 e. The third-order valence-electron chi connectivity index (χ3n) is 10.2. The zero-order valence-corrected chi connectivity index (χ0v) is 34.3. The molecule has 0 amide bonds. The first-order chi connectivity index (χ1) is 33.1. The van der Waals surface area contributed by atoms with Crippen molar-refractivity contribution in [3.05, 3.63) is 0 Å². The molecule has 476 valence electrons. The van der Waals surface area contributed by atoms with Crippen LogP contribution >= 0.6 is 0 Å². The van der Waals surface area contributed by atoms with Gasteiger partial charge in [-0.3, -0.25) is 0 Å². The molecule has 0 aliphatic rings. The molecule has 51 heteroatoms. The Morgan fingerprint density at radius 1 is 0.190 bits per heavy atom. The van der Waals surface area contributed by atoms with Crippen LogP contribution < -0.4 is 0 Å². The Morgan fingerprint density at radius 2 is 0.316 bits per heavy atom. The van der Waals surface area contributed by atoms with Gasteiger partial charge in [0.2, 0.25) is 0 Å². The van der Waals surface area contributed by atoms with Gasteiger partial charge in [0.25, 0.3) is 0 Å². The highest BCUT2D eigenvalue weighted by Gasteiger charge is 3.06. The zero-order valence-electron chi connectivity index (χ0n) is 34.3. The van der Waals surface area contributed by atoms with Crippen molar-refractivity contribution in [3.8, 4) is 0 Å². The van der Waals surface area contributed by atoms with Gasteiger partial charge in [-0.05, 0) is 0 Å².